The summed E-state index contributed by atoms with van der Waals surface area (Å²) in [7, 11) is 0. The Kier molecular flexibility index (Phi) is 4.80. The topological polar surface area (TPSA) is 66.9 Å². The van der Waals surface area contributed by atoms with Gasteiger partial charge < -0.3 is 10.6 Å². The Morgan fingerprint density at radius 3 is 2.33 bits per heavy atom. The van der Waals surface area contributed by atoms with Crippen LogP contribution >= 0.6 is 0 Å². The number of amides is 1. The molecule has 1 saturated carbocycles. The fourth-order valence-corrected chi connectivity index (χ4v) is 2.73. The summed E-state index contributed by atoms with van der Waals surface area (Å²) in [6.07, 6.45) is 5.79. The molecule has 2 rings (SSSR count). The number of hydrogen-bond acceptors (Lipinski definition) is 4. The molecular weight excluding hydrogens is 264 g/mol. The van der Waals surface area contributed by atoms with Crippen LogP contribution < -0.4 is 10.6 Å². The van der Waals surface area contributed by atoms with E-state index in [4.69, 9.17) is 0 Å². The van der Waals surface area contributed by atoms with E-state index in [-0.39, 0.29) is 11.3 Å². The highest BCUT2D eigenvalue weighted by molar-refractivity contribution is 5.73. The first kappa shape index (κ1) is 15.7. The summed E-state index contributed by atoms with van der Waals surface area (Å²) in [5.41, 5.74) is 1.08. The molecule has 21 heavy (non-hydrogen) atoms. The average Bonchev–Trinajstić information content (AvgIpc) is 2.40. The number of carbonyl (C=O) groups excluding carboxylic acids is 1. The van der Waals surface area contributed by atoms with Crippen LogP contribution in [0.15, 0.2) is 12.4 Å². The predicted octanol–water partition coefficient (Wildman–Crippen LogP) is 2.63. The molecule has 2 N–H and O–H groups in total. The fourth-order valence-electron chi connectivity index (χ4n) is 2.73. The third-order valence-corrected chi connectivity index (χ3v) is 3.92. The fraction of sp³-hybridized carbons (Fsp3) is 0.688. The van der Waals surface area contributed by atoms with Crippen molar-refractivity contribution in [2.24, 2.45) is 0 Å². The normalized spacial score (nSPS) is 22.7. The first-order valence-corrected chi connectivity index (χ1v) is 7.71. The van der Waals surface area contributed by atoms with Crippen molar-refractivity contribution in [3.8, 4) is 0 Å². The molecule has 116 valence electrons. The van der Waals surface area contributed by atoms with Gasteiger partial charge in [-0.05, 0) is 25.7 Å². The summed E-state index contributed by atoms with van der Waals surface area (Å²) in [6, 6.07) is 2.80. The van der Waals surface area contributed by atoms with Gasteiger partial charge in [-0.1, -0.05) is 20.8 Å². The monoisotopic (exact) mass is 290 g/mol. The molecule has 0 atom stereocenters. The van der Waals surface area contributed by atoms with Crippen LogP contribution in [-0.4, -0.2) is 28.0 Å². The molecule has 0 aliphatic heterocycles. The first-order valence-electron chi connectivity index (χ1n) is 7.71. The van der Waals surface area contributed by atoms with Crippen molar-refractivity contribution in [3.05, 3.63) is 18.1 Å². The van der Waals surface area contributed by atoms with E-state index < -0.39 is 0 Å². The van der Waals surface area contributed by atoms with Crippen LogP contribution in [0.25, 0.3) is 0 Å². The lowest BCUT2D eigenvalue weighted by Crippen LogP contribution is -2.39. The lowest BCUT2D eigenvalue weighted by Gasteiger charge is -2.30. The van der Waals surface area contributed by atoms with Crippen molar-refractivity contribution in [2.45, 2.75) is 70.9 Å². The summed E-state index contributed by atoms with van der Waals surface area (Å²) < 4.78 is 0. The predicted molar refractivity (Wildman–Crippen MR) is 84.2 cm³/mol. The Morgan fingerprint density at radius 2 is 1.76 bits per heavy atom. The molecule has 1 heterocycles. The molecule has 1 aliphatic rings. The highest BCUT2D eigenvalue weighted by Crippen LogP contribution is 2.24. The van der Waals surface area contributed by atoms with Crippen molar-refractivity contribution in [3.63, 3.8) is 0 Å². The molecule has 1 amide bonds. The third-order valence-electron chi connectivity index (χ3n) is 3.92. The second-order valence-electron chi connectivity index (χ2n) is 6.93. The molecule has 5 nitrogen and oxygen atoms in total. The Morgan fingerprint density at radius 1 is 1.14 bits per heavy atom. The number of nitrogens with zero attached hydrogens (tertiary/aromatic N) is 2. The highest BCUT2D eigenvalue weighted by atomic mass is 16.1. The average molecular weight is 290 g/mol. The number of hydrogen-bond donors (Lipinski definition) is 2. The van der Waals surface area contributed by atoms with E-state index in [1.165, 1.54) is 0 Å². The van der Waals surface area contributed by atoms with E-state index in [1.807, 2.05) is 6.07 Å². The summed E-state index contributed by atoms with van der Waals surface area (Å²) in [5, 5.41) is 6.51. The smallest absolute Gasteiger partial charge is 0.217 e. The Bertz CT molecular complexity index is 487. The number of carbonyl (C=O) groups is 1. The molecule has 0 radical (unpaired) electrons. The second kappa shape index (κ2) is 6.41. The van der Waals surface area contributed by atoms with E-state index in [0.29, 0.717) is 12.1 Å². The lowest BCUT2D eigenvalue weighted by atomic mass is 9.90. The maximum atomic E-state index is 11.1. The van der Waals surface area contributed by atoms with E-state index in [0.717, 1.165) is 37.2 Å². The minimum absolute atomic E-state index is 0.0302. The molecular formula is C16H26N4O. The van der Waals surface area contributed by atoms with Crippen LogP contribution in [0.1, 0.15) is 59.1 Å². The summed E-state index contributed by atoms with van der Waals surface area (Å²) in [4.78, 5) is 19.7. The van der Waals surface area contributed by atoms with Gasteiger partial charge in [0.15, 0.2) is 0 Å². The standard InChI is InChI=1S/C16H26N4O/c1-11(21)19-12-5-7-13(8-6-12)20-15-9-14(16(2,3)4)17-10-18-15/h9-10,12-13H,5-8H2,1-4H3,(H,19,21)(H,17,18,20)/t12-,13-. The molecule has 0 unspecified atom stereocenters. The van der Waals surface area contributed by atoms with Gasteiger partial charge in [-0.15, -0.1) is 0 Å². The SMILES string of the molecule is CC(=O)N[C@H]1CC[C@H](Nc2cc(C(C)(C)C)ncn2)CC1. The highest BCUT2D eigenvalue weighted by Gasteiger charge is 2.22. The molecule has 0 aromatic carbocycles. The zero-order chi connectivity index (χ0) is 15.5. The molecule has 1 aromatic heterocycles. The molecule has 0 bridgehead atoms. The largest absolute Gasteiger partial charge is 0.367 e. The van der Waals surface area contributed by atoms with Crippen LogP contribution in [0.5, 0.6) is 0 Å². The van der Waals surface area contributed by atoms with Crippen molar-refractivity contribution in [2.75, 3.05) is 5.32 Å². The summed E-state index contributed by atoms with van der Waals surface area (Å²) >= 11 is 0. The zero-order valence-corrected chi connectivity index (χ0v) is 13.4. The Balaban J connectivity index is 1.90. The van der Waals surface area contributed by atoms with Gasteiger partial charge in [-0.3, -0.25) is 4.79 Å². The summed E-state index contributed by atoms with van der Waals surface area (Å²) in [6.45, 7) is 8.03. The third kappa shape index (κ3) is 4.69. The first-order chi connectivity index (χ1) is 9.84. The van der Waals surface area contributed by atoms with Crippen LogP contribution in [0, 0.1) is 0 Å². The lowest BCUT2D eigenvalue weighted by molar-refractivity contribution is -0.119. The van der Waals surface area contributed by atoms with E-state index >= 15 is 0 Å². The number of rotatable bonds is 3. The molecule has 0 spiro atoms. The molecule has 1 aliphatic carbocycles. The van der Waals surface area contributed by atoms with Crippen molar-refractivity contribution < 1.29 is 4.79 Å². The van der Waals surface area contributed by atoms with E-state index in [9.17, 15) is 4.79 Å². The minimum atomic E-state index is 0.0302. The van der Waals surface area contributed by atoms with Gasteiger partial charge in [-0.2, -0.15) is 0 Å². The van der Waals surface area contributed by atoms with Crippen LogP contribution in [0.4, 0.5) is 5.82 Å². The van der Waals surface area contributed by atoms with Gasteiger partial charge >= 0.3 is 0 Å². The molecule has 0 saturated heterocycles. The van der Waals surface area contributed by atoms with Crippen LogP contribution in [0.3, 0.4) is 0 Å². The zero-order valence-electron chi connectivity index (χ0n) is 13.4. The van der Waals surface area contributed by atoms with Crippen molar-refractivity contribution in [1.82, 2.24) is 15.3 Å². The van der Waals surface area contributed by atoms with Crippen molar-refractivity contribution >= 4 is 11.7 Å². The Hall–Kier alpha value is -1.65. The van der Waals surface area contributed by atoms with Crippen molar-refractivity contribution in [1.29, 1.82) is 0 Å². The van der Waals surface area contributed by atoms with E-state index in [1.54, 1.807) is 13.3 Å². The number of nitrogens with one attached hydrogen (secondary N) is 2. The van der Waals surface area contributed by atoms with Gasteiger partial charge in [0.05, 0.1) is 5.69 Å². The summed E-state index contributed by atoms with van der Waals surface area (Å²) in [5.74, 6) is 0.968. The quantitative estimate of drug-likeness (QED) is 0.898. The maximum Gasteiger partial charge on any atom is 0.217 e. The van der Waals surface area contributed by atoms with Crippen LogP contribution in [0.2, 0.25) is 0 Å². The van der Waals surface area contributed by atoms with Gasteiger partial charge in [0.2, 0.25) is 5.91 Å². The van der Waals surface area contributed by atoms with Gasteiger partial charge in [0.1, 0.15) is 12.1 Å². The van der Waals surface area contributed by atoms with Gasteiger partial charge in [-0.25, -0.2) is 9.97 Å². The number of anilines is 1. The maximum absolute atomic E-state index is 11.1. The minimum Gasteiger partial charge on any atom is -0.367 e. The molecule has 1 aromatic rings. The molecule has 5 heteroatoms. The van der Waals surface area contributed by atoms with E-state index in [2.05, 4.69) is 41.4 Å². The van der Waals surface area contributed by atoms with Gasteiger partial charge in [0.25, 0.3) is 0 Å². The number of aromatic nitrogens is 2. The van der Waals surface area contributed by atoms with Gasteiger partial charge in [0, 0.05) is 30.5 Å². The van der Waals surface area contributed by atoms with Crippen LogP contribution in [-0.2, 0) is 10.2 Å². The Labute approximate surface area is 127 Å². The molecule has 1 fully saturated rings. The second-order valence-corrected chi connectivity index (χ2v) is 6.93.